The van der Waals surface area contributed by atoms with Gasteiger partial charge in [0, 0.05) is 65.1 Å². The molecule has 0 saturated carbocycles. The molecule has 28 heavy (non-hydrogen) atoms. The molecule has 2 rings (SSSR count). The molecule has 6 heteroatoms. The molecular weight excluding hydrogens is 348 g/mol. The summed E-state index contributed by atoms with van der Waals surface area (Å²) in [6.07, 6.45) is 2.42. The van der Waals surface area contributed by atoms with Gasteiger partial charge in [-0.05, 0) is 58.0 Å². The van der Waals surface area contributed by atoms with Crippen LogP contribution in [0.3, 0.4) is 0 Å². The van der Waals surface area contributed by atoms with Gasteiger partial charge in [0.15, 0.2) is 5.96 Å². The SMILES string of the molecule is CCN(CCNC(=NC)NCCCCN1CCN(C)CC1)c1cccc(C)c1. The van der Waals surface area contributed by atoms with E-state index in [-0.39, 0.29) is 0 Å². The van der Waals surface area contributed by atoms with Gasteiger partial charge in [-0.1, -0.05) is 12.1 Å². The summed E-state index contributed by atoms with van der Waals surface area (Å²) in [5.74, 6) is 0.903. The van der Waals surface area contributed by atoms with Gasteiger partial charge in [0.25, 0.3) is 0 Å². The summed E-state index contributed by atoms with van der Waals surface area (Å²) in [5, 5.41) is 6.89. The molecule has 1 aliphatic heterocycles. The van der Waals surface area contributed by atoms with Crippen LogP contribution in [0.4, 0.5) is 5.69 Å². The van der Waals surface area contributed by atoms with Gasteiger partial charge in [-0.2, -0.15) is 0 Å². The highest BCUT2D eigenvalue weighted by atomic mass is 15.2. The number of aryl methyl sites for hydroxylation is 1. The minimum atomic E-state index is 0.878. The molecule has 1 aromatic carbocycles. The van der Waals surface area contributed by atoms with E-state index in [1.807, 2.05) is 7.05 Å². The van der Waals surface area contributed by atoms with Crippen LogP contribution in [0.25, 0.3) is 0 Å². The Morgan fingerprint density at radius 1 is 1.11 bits per heavy atom. The Hall–Kier alpha value is -1.79. The van der Waals surface area contributed by atoms with Crippen LogP contribution >= 0.6 is 0 Å². The molecule has 158 valence electrons. The van der Waals surface area contributed by atoms with Gasteiger partial charge in [-0.25, -0.2) is 0 Å². The van der Waals surface area contributed by atoms with E-state index < -0.39 is 0 Å². The van der Waals surface area contributed by atoms with Crippen molar-refractivity contribution in [3.63, 3.8) is 0 Å². The lowest BCUT2D eigenvalue weighted by Gasteiger charge is -2.32. The fourth-order valence-electron chi connectivity index (χ4n) is 3.56. The number of benzene rings is 1. The van der Waals surface area contributed by atoms with Gasteiger partial charge in [-0.15, -0.1) is 0 Å². The lowest BCUT2D eigenvalue weighted by atomic mass is 10.2. The molecule has 0 amide bonds. The van der Waals surface area contributed by atoms with E-state index in [1.165, 1.54) is 56.8 Å². The smallest absolute Gasteiger partial charge is 0.191 e. The second-order valence-electron chi connectivity index (χ2n) is 7.70. The number of guanidine groups is 1. The fraction of sp³-hybridized carbons (Fsp3) is 0.682. The zero-order valence-electron chi connectivity index (χ0n) is 18.4. The summed E-state index contributed by atoms with van der Waals surface area (Å²) < 4.78 is 0. The van der Waals surface area contributed by atoms with Crippen molar-refractivity contribution in [3.8, 4) is 0 Å². The van der Waals surface area contributed by atoms with Crippen molar-refractivity contribution in [1.29, 1.82) is 0 Å². The van der Waals surface area contributed by atoms with E-state index in [9.17, 15) is 0 Å². The molecule has 0 aliphatic carbocycles. The van der Waals surface area contributed by atoms with Crippen LogP contribution in [-0.4, -0.2) is 88.8 Å². The summed E-state index contributed by atoms with van der Waals surface area (Å²) >= 11 is 0. The van der Waals surface area contributed by atoms with E-state index in [0.717, 1.165) is 32.1 Å². The van der Waals surface area contributed by atoms with Crippen LogP contribution in [0.5, 0.6) is 0 Å². The summed E-state index contributed by atoms with van der Waals surface area (Å²) in [6, 6.07) is 8.70. The average Bonchev–Trinajstić information content (AvgIpc) is 2.70. The molecule has 1 aliphatic rings. The van der Waals surface area contributed by atoms with Crippen LogP contribution in [0.1, 0.15) is 25.3 Å². The number of likely N-dealkylation sites (N-methyl/N-ethyl adjacent to an activating group) is 2. The molecule has 0 aromatic heterocycles. The standard InChI is InChI=1S/C22H40N6/c1-5-28(21-10-8-9-20(2)19-21)14-12-25-22(23-3)24-11-6-7-13-27-17-15-26(4)16-18-27/h8-10,19H,5-7,11-18H2,1-4H3,(H2,23,24,25). The van der Waals surface area contributed by atoms with E-state index in [2.05, 4.69) is 75.5 Å². The fourth-order valence-corrected chi connectivity index (χ4v) is 3.56. The third kappa shape index (κ3) is 8.07. The van der Waals surface area contributed by atoms with Crippen LogP contribution in [0.2, 0.25) is 0 Å². The third-order valence-electron chi connectivity index (χ3n) is 5.44. The van der Waals surface area contributed by atoms with Crippen LogP contribution in [0.15, 0.2) is 29.3 Å². The number of anilines is 1. The summed E-state index contributed by atoms with van der Waals surface area (Å²) in [6.45, 7) is 14.2. The highest BCUT2D eigenvalue weighted by Gasteiger charge is 2.12. The maximum Gasteiger partial charge on any atom is 0.191 e. The van der Waals surface area contributed by atoms with Crippen LogP contribution < -0.4 is 15.5 Å². The Morgan fingerprint density at radius 2 is 1.86 bits per heavy atom. The molecule has 0 radical (unpaired) electrons. The van der Waals surface area contributed by atoms with Gasteiger partial charge in [0.2, 0.25) is 0 Å². The second kappa shape index (κ2) is 12.6. The van der Waals surface area contributed by atoms with E-state index >= 15 is 0 Å². The number of piperazine rings is 1. The van der Waals surface area contributed by atoms with Gasteiger partial charge >= 0.3 is 0 Å². The molecule has 1 aromatic rings. The summed E-state index contributed by atoms with van der Waals surface area (Å²) in [7, 11) is 4.05. The molecule has 0 bridgehead atoms. The number of hydrogen-bond acceptors (Lipinski definition) is 4. The average molecular weight is 389 g/mol. The number of nitrogens with zero attached hydrogens (tertiary/aromatic N) is 4. The molecule has 2 N–H and O–H groups in total. The molecule has 0 spiro atoms. The van der Waals surface area contributed by atoms with Crippen molar-refractivity contribution in [3.05, 3.63) is 29.8 Å². The van der Waals surface area contributed by atoms with Gasteiger partial charge in [0.1, 0.15) is 0 Å². The Kier molecular flexibility index (Phi) is 10.1. The molecular formula is C22H40N6. The topological polar surface area (TPSA) is 46.1 Å². The predicted octanol–water partition coefficient (Wildman–Crippen LogP) is 2.01. The maximum atomic E-state index is 4.35. The Balaban J connectivity index is 1.59. The maximum absolute atomic E-state index is 4.35. The molecule has 1 heterocycles. The first-order chi connectivity index (χ1) is 13.6. The number of rotatable bonds is 10. The number of unbranched alkanes of at least 4 members (excludes halogenated alkanes) is 1. The highest BCUT2D eigenvalue weighted by molar-refractivity contribution is 5.79. The van der Waals surface area contributed by atoms with Crippen molar-refractivity contribution >= 4 is 11.6 Å². The Labute approximate surface area is 172 Å². The zero-order valence-corrected chi connectivity index (χ0v) is 18.4. The van der Waals surface area contributed by atoms with Crippen LogP contribution in [0, 0.1) is 6.92 Å². The van der Waals surface area contributed by atoms with Gasteiger partial charge in [0.05, 0.1) is 0 Å². The first-order valence-electron chi connectivity index (χ1n) is 10.8. The predicted molar refractivity (Wildman–Crippen MR) is 122 cm³/mol. The van der Waals surface area contributed by atoms with E-state index in [4.69, 9.17) is 0 Å². The highest BCUT2D eigenvalue weighted by Crippen LogP contribution is 2.14. The van der Waals surface area contributed by atoms with Crippen molar-refractivity contribution < 1.29 is 0 Å². The van der Waals surface area contributed by atoms with Gasteiger partial charge in [-0.3, -0.25) is 4.99 Å². The summed E-state index contributed by atoms with van der Waals surface area (Å²) in [4.78, 5) is 11.7. The largest absolute Gasteiger partial charge is 0.370 e. The molecule has 0 unspecified atom stereocenters. The molecule has 1 saturated heterocycles. The van der Waals surface area contributed by atoms with E-state index in [0.29, 0.717) is 0 Å². The van der Waals surface area contributed by atoms with Crippen molar-refractivity contribution in [2.24, 2.45) is 4.99 Å². The van der Waals surface area contributed by atoms with Crippen LogP contribution in [-0.2, 0) is 0 Å². The first kappa shape index (κ1) is 22.5. The third-order valence-corrected chi connectivity index (χ3v) is 5.44. The molecule has 1 fully saturated rings. The lowest BCUT2D eigenvalue weighted by molar-refractivity contribution is 0.152. The second-order valence-corrected chi connectivity index (χ2v) is 7.70. The summed E-state index contributed by atoms with van der Waals surface area (Å²) in [5.41, 5.74) is 2.59. The number of hydrogen-bond donors (Lipinski definition) is 2. The monoisotopic (exact) mass is 388 g/mol. The minimum absolute atomic E-state index is 0.878. The Bertz CT molecular complexity index is 580. The quantitative estimate of drug-likeness (QED) is 0.365. The normalized spacial score (nSPS) is 16.2. The lowest BCUT2D eigenvalue weighted by Crippen LogP contribution is -2.45. The van der Waals surface area contributed by atoms with Crippen molar-refractivity contribution in [2.45, 2.75) is 26.7 Å². The number of aliphatic imine (C=N–C) groups is 1. The molecule has 0 atom stereocenters. The molecule has 6 nitrogen and oxygen atoms in total. The number of nitrogens with one attached hydrogen (secondary N) is 2. The van der Waals surface area contributed by atoms with Crippen molar-refractivity contribution in [1.82, 2.24) is 20.4 Å². The van der Waals surface area contributed by atoms with Gasteiger partial charge < -0.3 is 25.3 Å². The Morgan fingerprint density at radius 3 is 2.54 bits per heavy atom. The zero-order chi connectivity index (χ0) is 20.2. The van der Waals surface area contributed by atoms with Crippen molar-refractivity contribution in [2.75, 3.05) is 77.9 Å². The first-order valence-corrected chi connectivity index (χ1v) is 10.8. The minimum Gasteiger partial charge on any atom is -0.370 e. The van der Waals surface area contributed by atoms with E-state index in [1.54, 1.807) is 0 Å².